The minimum Gasteiger partial charge on any atom is -0.330 e. The molecule has 1 rings (SSSR count). The Balaban J connectivity index is 2.54. The monoisotopic (exact) mass is 268 g/mol. The summed E-state index contributed by atoms with van der Waals surface area (Å²) >= 11 is 1.83. The lowest BCUT2D eigenvalue weighted by Crippen LogP contribution is -2.34. The van der Waals surface area contributed by atoms with E-state index in [2.05, 4.69) is 57.2 Å². The molecule has 1 aromatic rings. The van der Waals surface area contributed by atoms with E-state index < -0.39 is 0 Å². The van der Waals surface area contributed by atoms with E-state index in [1.54, 1.807) is 0 Å². The first kappa shape index (κ1) is 15.7. The highest BCUT2D eigenvalue weighted by Gasteiger charge is 2.21. The van der Waals surface area contributed by atoms with Crippen LogP contribution in [0.3, 0.4) is 0 Å². The number of hydrogen-bond acceptors (Lipinski definition) is 3. The lowest BCUT2D eigenvalue weighted by Gasteiger charge is -2.31. The van der Waals surface area contributed by atoms with Crippen LogP contribution in [-0.2, 0) is 0 Å². The summed E-state index contributed by atoms with van der Waals surface area (Å²) in [6, 6.07) is 4.83. The molecule has 0 aliphatic carbocycles. The molecule has 0 saturated carbocycles. The quantitative estimate of drug-likeness (QED) is 0.851. The highest BCUT2D eigenvalue weighted by Crippen LogP contribution is 2.28. The van der Waals surface area contributed by atoms with Crippen molar-refractivity contribution in [3.63, 3.8) is 0 Å². The summed E-state index contributed by atoms with van der Waals surface area (Å²) in [5, 5.41) is 2.15. The maximum absolute atomic E-state index is 5.92. The second kappa shape index (κ2) is 6.69. The zero-order chi connectivity index (χ0) is 13.8. The molecular weight excluding hydrogens is 240 g/mol. The first-order valence-electron chi connectivity index (χ1n) is 6.77. The van der Waals surface area contributed by atoms with Crippen molar-refractivity contribution in [1.82, 2.24) is 4.90 Å². The van der Waals surface area contributed by atoms with Crippen LogP contribution in [0.15, 0.2) is 17.5 Å². The molecule has 3 heteroatoms. The molecule has 2 N–H and O–H groups in total. The summed E-state index contributed by atoms with van der Waals surface area (Å²) in [7, 11) is 2.20. The molecule has 0 spiro atoms. The van der Waals surface area contributed by atoms with Crippen molar-refractivity contribution in [2.75, 3.05) is 20.1 Å². The van der Waals surface area contributed by atoms with Crippen LogP contribution in [0, 0.1) is 11.3 Å². The lowest BCUT2D eigenvalue weighted by molar-refractivity contribution is 0.188. The summed E-state index contributed by atoms with van der Waals surface area (Å²) in [5.74, 6) is 0.581. The highest BCUT2D eigenvalue weighted by molar-refractivity contribution is 7.10. The average molecular weight is 268 g/mol. The van der Waals surface area contributed by atoms with Gasteiger partial charge in [0, 0.05) is 17.5 Å². The molecule has 2 atom stereocenters. The second-order valence-corrected chi connectivity index (χ2v) is 7.48. The van der Waals surface area contributed by atoms with Crippen molar-refractivity contribution in [3.05, 3.63) is 22.4 Å². The third-order valence-corrected chi connectivity index (χ3v) is 4.44. The summed E-state index contributed by atoms with van der Waals surface area (Å²) in [6.07, 6.45) is 1.19. The summed E-state index contributed by atoms with van der Waals surface area (Å²) in [4.78, 5) is 3.86. The Morgan fingerprint density at radius 1 is 1.39 bits per heavy atom. The zero-order valence-corrected chi connectivity index (χ0v) is 13.3. The molecule has 0 saturated heterocycles. The van der Waals surface area contributed by atoms with Gasteiger partial charge in [0.1, 0.15) is 0 Å². The van der Waals surface area contributed by atoms with Gasteiger partial charge in [-0.05, 0) is 49.7 Å². The SMILES string of the molecule is CC(c1cccs1)N(C)CC(CN)CC(C)(C)C. The van der Waals surface area contributed by atoms with Gasteiger partial charge in [-0.1, -0.05) is 26.8 Å². The van der Waals surface area contributed by atoms with Gasteiger partial charge < -0.3 is 5.73 Å². The summed E-state index contributed by atoms with van der Waals surface area (Å²) in [6.45, 7) is 11.0. The minimum atomic E-state index is 0.358. The minimum absolute atomic E-state index is 0.358. The maximum Gasteiger partial charge on any atom is 0.0410 e. The van der Waals surface area contributed by atoms with Crippen molar-refractivity contribution >= 4 is 11.3 Å². The molecule has 18 heavy (non-hydrogen) atoms. The van der Waals surface area contributed by atoms with Crippen LogP contribution in [-0.4, -0.2) is 25.0 Å². The smallest absolute Gasteiger partial charge is 0.0410 e. The van der Waals surface area contributed by atoms with Gasteiger partial charge in [-0.15, -0.1) is 11.3 Å². The van der Waals surface area contributed by atoms with Gasteiger partial charge in [-0.2, -0.15) is 0 Å². The molecule has 0 aliphatic heterocycles. The summed E-state index contributed by atoms with van der Waals surface area (Å²) < 4.78 is 0. The standard InChI is InChI=1S/C15H28N2S/c1-12(14-7-6-8-18-14)17(5)11-13(10-16)9-15(2,3)4/h6-8,12-13H,9-11,16H2,1-5H3. The molecule has 2 unspecified atom stereocenters. The van der Waals surface area contributed by atoms with Gasteiger partial charge in [-0.25, -0.2) is 0 Å². The fourth-order valence-electron chi connectivity index (χ4n) is 2.40. The summed E-state index contributed by atoms with van der Waals surface area (Å²) in [5.41, 5.74) is 6.28. The van der Waals surface area contributed by atoms with Crippen LogP contribution < -0.4 is 5.73 Å². The molecule has 1 heterocycles. The first-order chi connectivity index (χ1) is 8.33. The maximum atomic E-state index is 5.92. The molecule has 0 aliphatic rings. The van der Waals surface area contributed by atoms with E-state index >= 15 is 0 Å². The Labute approximate surface area is 116 Å². The number of hydrogen-bond donors (Lipinski definition) is 1. The van der Waals surface area contributed by atoms with Crippen molar-refractivity contribution in [3.8, 4) is 0 Å². The molecule has 1 aromatic heterocycles. The number of rotatable bonds is 6. The van der Waals surface area contributed by atoms with Gasteiger partial charge in [-0.3, -0.25) is 4.90 Å². The molecular formula is C15H28N2S. The van der Waals surface area contributed by atoms with Crippen LogP contribution in [0.5, 0.6) is 0 Å². The Hall–Kier alpha value is -0.380. The van der Waals surface area contributed by atoms with Crippen molar-refractivity contribution in [2.24, 2.45) is 17.1 Å². The highest BCUT2D eigenvalue weighted by atomic mass is 32.1. The molecule has 0 bridgehead atoms. The molecule has 2 nitrogen and oxygen atoms in total. The molecule has 0 amide bonds. The molecule has 104 valence electrons. The van der Waals surface area contributed by atoms with Gasteiger partial charge in [0.25, 0.3) is 0 Å². The van der Waals surface area contributed by atoms with Gasteiger partial charge in [0.15, 0.2) is 0 Å². The largest absolute Gasteiger partial charge is 0.330 e. The fraction of sp³-hybridized carbons (Fsp3) is 0.733. The number of nitrogens with two attached hydrogens (primary N) is 1. The topological polar surface area (TPSA) is 29.3 Å². The van der Waals surface area contributed by atoms with Gasteiger partial charge in [0.2, 0.25) is 0 Å². The number of nitrogens with zero attached hydrogens (tertiary/aromatic N) is 1. The molecule has 0 fully saturated rings. The van der Waals surface area contributed by atoms with Gasteiger partial charge >= 0.3 is 0 Å². The van der Waals surface area contributed by atoms with Crippen molar-refractivity contribution in [2.45, 2.75) is 40.2 Å². The zero-order valence-electron chi connectivity index (χ0n) is 12.4. The van der Waals surface area contributed by atoms with Crippen LogP contribution in [0.4, 0.5) is 0 Å². The van der Waals surface area contributed by atoms with Crippen molar-refractivity contribution in [1.29, 1.82) is 0 Å². The lowest BCUT2D eigenvalue weighted by atomic mass is 9.84. The van der Waals surface area contributed by atoms with E-state index in [0.717, 1.165) is 13.1 Å². The third-order valence-electron chi connectivity index (χ3n) is 3.40. The number of thiophene rings is 1. The second-order valence-electron chi connectivity index (χ2n) is 6.50. The normalized spacial score (nSPS) is 15.9. The molecule has 0 radical (unpaired) electrons. The van der Waals surface area contributed by atoms with Crippen LogP contribution in [0.1, 0.15) is 45.0 Å². The van der Waals surface area contributed by atoms with Crippen molar-refractivity contribution < 1.29 is 0 Å². The van der Waals surface area contributed by atoms with Crippen LogP contribution in [0.25, 0.3) is 0 Å². The third kappa shape index (κ3) is 5.09. The van der Waals surface area contributed by atoms with E-state index in [4.69, 9.17) is 5.73 Å². The Bertz CT molecular complexity index is 327. The predicted octanol–water partition coefficient (Wildman–Crippen LogP) is 3.75. The van der Waals surface area contributed by atoms with E-state index in [9.17, 15) is 0 Å². The Morgan fingerprint density at radius 3 is 2.50 bits per heavy atom. The fourth-order valence-corrected chi connectivity index (χ4v) is 3.25. The van der Waals surface area contributed by atoms with E-state index in [-0.39, 0.29) is 0 Å². The van der Waals surface area contributed by atoms with E-state index in [1.165, 1.54) is 11.3 Å². The predicted molar refractivity (Wildman–Crippen MR) is 82.0 cm³/mol. The van der Waals surface area contributed by atoms with Crippen LogP contribution >= 0.6 is 11.3 Å². The Morgan fingerprint density at radius 2 is 2.06 bits per heavy atom. The molecule has 0 aromatic carbocycles. The first-order valence-corrected chi connectivity index (χ1v) is 7.65. The van der Waals surface area contributed by atoms with Crippen LogP contribution in [0.2, 0.25) is 0 Å². The van der Waals surface area contributed by atoms with Gasteiger partial charge in [0.05, 0.1) is 0 Å². The van der Waals surface area contributed by atoms with E-state index in [0.29, 0.717) is 17.4 Å². The van der Waals surface area contributed by atoms with E-state index in [1.807, 2.05) is 11.3 Å². The average Bonchev–Trinajstić information content (AvgIpc) is 2.78. The Kier molecular flexibility index (Phi) is 5.83.